The number of nitrogens with two attached hydrogens (primary N) is 1. The van der Waals surface area contributed by atoms with Crippen LogP contribution in [0.25, 0.3) is 0 Å². The Morgan fingerprint density at radius 3 is 2.73 bits per heavy atom. The van der Waals surface area contributed by atoms with Crippen molar-refractivity contribution in [1.82, 2.24) is 14.8 Å². The number of rotatable bonds is 3. The second kappa shape index (κ2) is 4.71. The first-order valence-corrected chi connectivity index (χ1v) is 5.67. The number of hydrogen-bond donors (Lipinski definition) is 1. The average Bonchev–Trinajstić information content (AvgIpc) is 2.65. The molecule has 0 atom stereocenters. The zero-order valence-corrected chi connectivity index (χ0v) is 10.3. The molecule has 0 saturated carbocycles. The SMILES string of the molecule is NCc1ccc(Cn2cc(I)cn2)nc1. The zero-order valence-electron chi connectivity index (χ0n) is 8.10. The van der Waals surface area contributed by atoms with Crippen LogP contribution >= 0.6 is 22.6 Å². The van der Waals surface area contributed by atoms with Gasteiger partial charge >= 0.3 is 0 Å². The number of pyridine rings is 1. The fourth-order valence-corrected chi connectivity index (χ4v) is 1.71. The van der Waals surface area contributed by atoms with Crippen molar-refractivity contribution in [3.63, 3.8) is 0 Å². The van der Waals surface area contributed by atoms with Crippen molar-refractivity contribution in [3.8, 4) is 0 Å². The normalized spacial score (nSPS) is 10.5. The predicted molar refractivity (Wildman–Crippen MR) is 66.2 cm³/mol. The van der Waals surface area contributed by atoms with Gasteiger partial charge in [-0.25, -0.2) is 0 Å². The van der Waals surface area contributed by atoms with Crippen molar-refractivity contribution in [2.75, 3.05) is 0 Å². The molecule has 0 unspecified atom stereocenters. The molecule has 4 nitrogen and oxygen atoms in total. The molecule has 2 aromatic heterocycles. The van der Waals surface area contributed by atoms with E-state index in [-0.39, 0.29) is 0 Å². The third kappa shape index (κ3) is 2.75. The molecule has 0 amide bonds. The summed E-state index contributed by atoms with van der Waals surface area (Å²) in [7, 11) is 0. The molecule has 0 aliphatic rings. The second-order valence-electron chi connectivity index (χ2n) is 3.22. The summed E-state index contributed by atoms with van der Waals surface area (Å²) in [6.07, 6.45) is 5.62. The summed E-state index contributed by atoms with van der Waals surface area (Å²) in [4.78, 5) is 4.31. The molecular weight excluding hydrogens is 303 g/mol. The van der Waals surface area contributed by atoms with Crippen LogP contribution in [-0.4, -0.2) is 14.8 Å². The summed E-state index contributed by atoms with van der Waals surface area (Å²) in [5, 5.41) is 4.20. The molecule has 2 heterocycles. The first-order chi connectivity index (χ1) is 7.28. The van der Waals surface area contributed by atoms with Crippen LogP contribution in [0, 0.1) is 3.57 Å². The fourth-order valence-electron chi connectivity index (χ4n) is 1.26. The lowest BCUT2D eigenvalue weighted by Gasteiger charge is -2.01. The molecule has 2 N–H and O–H groups in total. The second-order valence-corrected chi connectivity index (χ2v) is 4.46. The van der Waals surface area contributed by atoms with E-state index < -0.39 is 0 Å². The zero-order chi connectivity index (χ0) is 10.7. The molecule has 0 aliphatic carbocycles. The molecule has 15 heavy (non-hydrogen) atoms. The molecule has 0 aromatic carbocycles. The minimum atomic E-state index is 0.535. The Morgan fingerprint density at radius 2 is 2.20 bits per heavy atom. The van der Waals surface area contributed by atoms with E-state index in [0.29, 0.717) is 13.1 Å². The van der Waals surface area contributed by atoms with Gasteiger partial charge in [0.15, 0.2) is 0 Å². The summed E-state index contributed by atoms with van der Waals surface area (Å²) in [5.41, 5.74) is 7.54. The lowest BCUT2D eigenvalue weighted by molar-refractivity contribution is 0.671. The summed E-state index contributed by atoms with van der Waals surface area (Å²) in [6.45, 7) is 1.24. The van der Waals surface area contributed by atoms with E-state index in [0.717, 1.165) is 14.8 Å². The van der Waals surface area contributed by atoms with Gasteiger partial charge in [0.05, 0.1) is 22.0 Å². The lowest BCUT2D eigenvalue weighted by atomic mass is 10.2. The van der Waals surface area contributed by atoms with Crippen LogP contribution in [0.15, 0.2) is 30.7 Å². The molecule has 0 radical (unpaired) electrons. The molecule has 78 valence electrons. The molecule has 0 fully saturated rings. The van der Waals surface area contributed by atoms with Gasteiger partial charge in [-0.15, -0.1) is 0 Å². The van der Waals surface area contributed by atoms with Gasteiger partial charge in [-0.1, -0.05) is 6.07 Å². The number of aromatic nitrogens is 3. The lowest BCUT2D eigenvalue weighted by Crippen LogP contribution is -2.03. The van der Waals surface area contributed by atoms with Gasteiger partial charge in [0.2, 0.25) is 0 Å². The van der Waals surface area contributed by atoms with Crippen molar-refractivity contribution in [2.45, 2.75) is 13.1 Å². The highest BCUT2D eigenvalue weighted by Gasteiger charge is 1.98. The maximum absolute atomic E-state index is 5.50. The minimum Gasteiger partial charge on any atom is -0.326 e. The van der Waals surface area contributed by atoms with E-state index in [1.807, 2.05) is 35.4 Å². The Kier molecular flexibility index (Phi) is 3.32. The van der Waals surface area contributed by atoms with Crippen LogP contribution in [0.4, 0.5) is 0 Å². The Morgan fingerprint density at radius 1 is 1.33 bits per heavy atom. The molecule has 0 spiro atoms. The van der Waals surface area contributed by atoms with Crippen LogP contribution in [-0.2, 0) is 13.1 Å². The highest BCUT2D eigenvalue weighted by atomic mass is 127. The topological polar surface area (TPSA) is 56.7 Å². The monoisotopic (exact) mass is 314 g/mol. The van der Waals surface area contributed by atoms with Gasteiger partial charge in [0.25, 0.3) is 0 Å². The molecule has 0 bridgehead atoms. The van der Waals surface area contributed by atoms with Crippen LogP contribution in [0.2, 0.25) is 0 Å². The summed E-state index contributed by atoms with van der Waals surface area (Å²) in [5.74, 6) is 0. The van der Waals surface area contributed by atoms with Crippen molar-refractivity contribution < 1.29 is 0 Å². The van der Waals surface area contributed by atoms with E-state index in [9.17, 15) is 0 Å². The van der Waals surface area contributed by atoms with Gasteiger partial charge in [0, 0.05) is 18.9 Å². The first kappa shape index (κ1) is 10.6. The van der Waals surface area contributed by atoms with E-state index in [4.69, 9.17) is 5.73 Å². The van der Waals surface area contributed by atoms with Crippen LogP contribution in [0.1, 0.15) is 11.3 Å². The quantitative estimate of drug-likeness (QED) is 0.871. The Hall–Kier alpha value is -0.950. The van der Waals surface area contributed by atoms with Crippen molar-refractivity contribution in [2.24, 2.45) is 5.73 Å². The van der Waals surface area contributed by atoms with Gasteiger partial charge in [-0.05, 0) is 34.2 Å². The Balaban J connectivity index is 2.11. The smallest absolute Gasteiger partial charge is 0.0831 e. The summed E-state index contributed by atoms with van der Waals surface area (Å²) >= 11 is 2.23. The summed E-state index contributed by atoms with van der Waals surface area (Å²) in [6, 6.07) is 3.98. The van der Waals surface area contributed by atoms with Gasteiger partial charge in [-0.2, -0.15) is 5.10 Å². The van der Waals surface area contributed by atoms with Gasteiger partial charge in [-0.3, -0.25) is 9.67 Å². The van der Waals surface area contributed by atoms with Crippen LogP contribution in [0.3, 0.4) is 0 Å². The standard InChI is InChI=1S/C10H11IN4/c11-9-5-14-15(6-9)7-10-2-1-8(3-12)4-13-10/h1-2,4-6H,3,7,12H2. The third-order valence-electron chi connectivity index (χ3n) is 2.05. The Labute approximate surface area is 102 Å². The van der Waals surface area contributed by atoms with Crippen LogP contribution in [0.5, 0.6) is 0 Å². The molecular formula is C10H11IN4. The van der Waals surface area contributed by atoms with Crippen LogP contribution < -0.4 is 5.73 Å². The summed E-state index contributed by atoms with van der Waals surface area (Å²) < 4.78 is 3.00. The first-order valence-electron chi connectivity index (χ1n) is 4.60. The Bertz CT molecular complexity index is 435. The maximum Gasteiger partial charge on any atom is 0.0831 e. The number of nitrogens with zero attached hydrogens (tertiary/aromatic N) is 3. The van der Waals surface area contributed by atoms with Gasteiger partial charge in [0.1, 0.15) is 0 Å². The number of hydrogen-bond acceptors (Lipinski definition) is 3. The fraction of sp³-hybridized carbons (Fsp3) is 0.200. The number of halogens is 1. The molecule has 0 aliphatic heterocycles. The largest absolute Gasteiger partial charge is 0.326 e. The molecule has 2 rings (SSSR count). The maximum atomic E-state index is 5.50. The van der Waals surface area contributed by atoms with E-state index in [2.05, 4.69) is 32.7 Å². The van der Waals surface area contributed by atoms with Crippen molar-refractivity contribution in [1.29, 1.82) is 0 Å². The van der Waals surface area contributed by atoms with Gasteiger partial charge < -0.3 is 5.73 Å². The van der Waals surface area contributed by atoms with Crippen molar-refractivity contribution >= 4 is 22.6 Å². The van der Waals surface area contributed by atoms with E-state index >= 15 is 0 Å². The predicted octanol–water partition coefficient (Wildman–Crippen LogP) is 1.39. The highest BCUT2D eigenvalue weighted by molar-refractivity contribution is 14.1. The van der Waals surface area contributed by atoms with E-state index in [1.54, 1.807) is 0 Å². The van der Waals surface area contributed by atoms with E-state index in [1.165, 1.54) is 0 Å². The molecule has 2 aromatic rings. The third-order valence-corrected chi connectivity index (χ3v) is 2.60. The highest BCUT2D eigenvalue weighted by Crippen LogP contribution is 2.05. The average molecular weight is 314 g/mol. The molecule has 0 saturated heterocycles. The van der Waals surface area contributed by atoms with Crippen molar-refractivity contribution in [3.05, 3.63) is 45.6 Å². The minimum absolute atomic E-state index is 0.535. The molecule has 5 heteroatoms.